The van der Waals surface area contributed by atoms with Crippen LogP contribution in [0.1, 0.15) is 16.8 Å². The number of methoxy groups -OCH3 is 3. The molecular weight excluding hydrogens is 262 g/mol. The normalized spacial score (nSPS) is 11.8. The van der Waals surface area contributed by atoms with Crippen LogP contribution in [-0.4, -0.2) is 51.6 Å². The molecule has 0 bridgehead atoms. The number of rotatable bonds is 8. The van der Waals surface area contributed by atoms with Crippen LogP contribution in [0, 0.1) is 0 Å². The van der Waals surface area contributed by atoms with E-state index in [9.17, 15) is 4.79 Å². The largest absolute Gasteiger partial charge is 0.497 e. The Labute approximate surface area is 118 Å². The molecule has 1 unspecified atom stereocenters. The van der Waals surface area contributed by atoms with Gasteiger partial charge in [0.25, 0.3) is 5.91 Å². The van der Waals surface area contributed by atoms with Crippen molar-refractivity contribution in [1.82, 2.24) is 5.32 Å². The third-order valence-corrected chi connectivity index (χ3v) is 2.83. The monoisotopic (exact) mass is 283 g/mol. The molecule has 0 spiro atoms. The lowest BCUT2D eigenvalue weighted by Crippen LogP contribution is -2.38. The molecule has 0 aromatic heterocycles. The number of nitrogens with one attached hydrogen (secondary N) is 1. The van der Waals surface area contributed by atoms with Gasteiger partial charge in [-0.05, 0) is 24.6 Å². The highest BCUT2D eigenvalue weighted by molar-refractivity contribution is 5.97. The van der Waals surface area contributed by atoms with Gasteiger partial charge in [0.1, 0.15) is 11.5 Å². The van der Waals surface area contributed by atoms with Crippen LogP contribution in [0.5, 0.6) is 11.5 Å². The molecule has 1 aromatic rings. The van der Waals surface area contributed by atoms with Crippen LogP contribution in [0.4, 0.5) is 0 Å². The van der Waals surface area contributed by atoms with Crippen molar-refractivity contribution in [2.45, 2.75) is 12.5 Å². The second kappa shape index (κ2) is 8.39. The van der Waals surface area contributed by atoms with Crippen LogP contribution in [0.25, 0.3) is 0 Å². The van der Waals surface area contributed by atoms with Gasteiger partial charge < -0.3 is 24.6 Å². The summed E-state index contributed by atoms with van der Waals surface area (Å²) in [6, 6.07) is 4.74. The molecule has 1 atom stereocenters. The molecule has 6 heteroatoms. The Morgan fingerprint density at radius 3 is 2.60 bits per heavy atom. The molecule has 0 fully saturated rings. The smallest absolute Gasteiger partial charge is 0.255 e. The molecule has 0 aliphatic carbocycles. The number of aliphatic hydroxyl groups excluding tert-OH is 1. The predicted molar refractivity (Wildman–Crippen MR) is 74.4 cm³/mol. The van der Waals surface area contributed by atoms with E-state index in [1.165, 1.54) is 14.2 Å². The van der Waals surface area contributed by atoms with E-state index in [4.69, 9.17) is 19.3 Å². The fourth-order valence-corrected chi connectivity index (χ4v) is 1.81. The first-order valence-electron chi connectivity index (χ1n) is 6.29. The van der Waals surface area contributed by atoms with Crippen molar-refractivity contribution in [3.63, 3.8) is 0 Å². The lowest BCUT2D eigenvalue weighted by molar-refractivity contribution is 0.0875. The van der Waals surface area contributed by atoms with Crippen molar-refractivity contribution in [3.8, 4) is 11.5 Å². The Morgan fingerprint density at radius 1 is 1.30 bits per heavy atom. The second-order valence-electron chi connectivity index (χ2n) is 4.20. The lowest BCUT2D eigenvalue weighted by Gasteiger charge is -2.18. The van der Waals surface area contributed by atoms with E-state index in [0.717, 1.165) is 0 Å². The molecule has 1 rings (SSSR count). The zero-order valence-electron chi connectivity index (χ0n) is 12.0. The number of hydrogen-bond acceptors (Lipinski definition) is 5. The fourth-order valence-electron chi connectivity index (χ4n) is 1.81. The van der Waals surface area contributed by atoms with Gasteiger partial charge in [-0.15, -0.1) is 0 Å². The molecule has 6 nitrogen and oxygen atoms in total. The van der Waals surface area contributed by atoms with Crippen LogP contribution in [0.15, 0.2) is 18.2 Å². The molecule has 0 heterocycles. The van der Waals surface area contributed by atoms with Crippen molar-refractivity contribution in [1.29, 1.82) is 0 Å². The van der Waals surface area contributed by atoms with Crippen molar-refractivity contribution in [3.05, 3.63) is 23.8 Å². The van der Waals surface area contributed by atoms with Crippen molar-refractivity contribution >= 4 is 5.91 Å². The number of ether oxygens (including phenoxy) is 3. The van der Waals surface area contributed by atoms with Crippen LogP contribution in [0.3, 0.4) is 0 Å². The molecule has 112 valence electrons. The van der Waals surface area contributed by atoms with Gasteiger partial charge in [0.05, 0.1) is 32.4 Å². The van der Waals surface area contributed by atoms with Gasteiger partial charge in [-0.25, -0.2) is 0 Å². The van der Waals surface area contributed by atoms with Crippen LogP contribution >= 0.6 is 0 Å². The number of benzene rings is 1. The minimum Gasteiger partial charge on any atom is -0.497 e. The zero-order chi connectivity index (χ0) is 15.0. The summed E-state index contributed by atoms with van der Waals surface area (Å²) >= 11 is 0. The van der Waals surface area contributed by atoms with Gasteiger partial charge in [0, 0.05) is 13.7 Å². The van der Waals surface area contributed by atoms with Crippen LogP contribution in [0.2, 0.25) is 0 Å². The molecular formula is C14H21NO5. The summed E-state index contributed by atoms with van der Waals surface area (Å²) in [7, 11) is 4.57. The van der Waals surface area contributed by atoms with Crippen LogP contribution in [-0.2, 0) is 4.74 Å². The topological polar surface area (TPSA) is 77.0 Å². The van der Waals surface area contributed by atoms with Crippen molar-refractivity contribution in [2.24, 2.45) is 0 Å². The second-order valence-corrected chi connectivity index (χ2v) is 4.20. The highest BCUT2D eigenvalue weighted by Gasteiger charge is 2.17. The number of carbonyl (C=O) groups excluding carboxylic acids is 1. The quantitative estimate of drug-likeness (QED) is 0.739. The van der Waals surface area contributed by atoms with Gasteiger partial charge in [-0.2, -0.15) is 0 Å². The molecule has 2 N–H and O–H groups in total. The first kappa shape index (κ1) is 16.3. The van der Waals surface area contributed by atoms with E-state index in [1.54, 1.807) is 25.3 Å². The van der Waals surface area contributed by atoms with Crippen molar-refractivity contribution in [2.75, 3.05) is 34.5 Å². The Kier molecular flexibility index (Phi) is 6.83. The SMILES string of the molecule is COCC(CCO)NC(=O)c1cc(OC)ccc1OC. The molecule has 0 saturated heterocycles. The number of amides is 1. The summed E-state index contributed by atoms with van der Waals surface area (Å²) in [5.74, 6) is 0.737. The Morgan fingerprint density at radius 2 is 2.05 bits per heavy atom. The Hall–Kier alpha value is -1.79. The average Bonchev–Trinajstić information content (AvgIpc) is 2.47. The molecule has 1 aromatic carbocycles. The number of carbonyl (C=O) groups is 1. The first-order valence-corrected chi connectivity index (χ1v) is 6.29. The summed E-state index contributed by atoms with van der Waals surface area (Å²) in [6.07, 6.45) is 0.422. The van der Waals surface area contributed by atoms with E-state index in [2.05, 4.69) is 5.32 Å². The summed E-state index contributed by atoms with van der Waals surface area (Å²) in [6.45, 7) is 0.308. The fraction of sp³-hybridized carbons (Fsp3) is 0.500. The molecule has 1 amide bonds. The van der Waals surface area contributed by atoms with Gasteiger partial charge in [0.2, 0.25) is 0 Å². The number of aliphatic hydroxyl groups is 1. The van der Waals surface area contributed by atoms with E-state index in [-0.39, 0.29) is 18.6 Å². The maximum atomic E-state index is 12.3. The maximum absolute atomic E-state index is 12.3. The first-order chi connectivity index (χ1) is 9.65. The van der Waals surface area contributed by atoms with Gasteiger partial charge in [0.15, 0.2) is 0 Å². The van der Waals surface area contributed by atoms with E-state index < -0.39 is 0 Å². The molecule has 0 radical (unpaired) electrons. The summed E-state index contributed by atoms with van der Waals surface area (Å²) in [5, 5.41) is 11.8. The minimum atomic E-state index is -0.295. The summed E-state index contributed by atoms with van der Waals surface area (Å²) in [5.41, 5.74) is 0.380. The standard InChI is InChI=1S/C14H21NO5/c1-18-9-10(6-7-16)15-14(17)12-8-11(19-2)4-5-13(12)20-3/h4-5,8,10,16H,6-7,9H2,1-3H3,(H,15,17). The Bertz CT molecular complexity index is 430. The van der Waals surface area contributed by atoms with E-state index >= 15 is 0 Å². The van der Waals surface area contributed by atoms with Gasteiger partial charge in [-0.1, -0.05) is 0 Å². The highest BCUT2D eigenvalue weighted by atomic mass is 16.5. The summed E-state index contributed by atoms with van der Waals surface area (Å²) in [4.78, 5) is 12.3. The lowest BCUT2D eigenvalue weighted by atomic mass is 10.1. The molecule has 0 aliphatic rings. The van der Waals surface area contributed by atoms with E-state index in [1.807, 2.05) is 0 Å². The van der Waals surface area contributed by atoms with Crippen LogP contribution < -0.4 is 14.8 Å². The number of hydrogen-bond donors (Lipinski definition) is 2. The minimum absolute atomic E-state index is 0.0243. The summed E-state index contributed by atoms with van der Waals surface area (Å²) < 4.78 is 15.3. The molecule has 0 aliphatic heterocycles. The maximum Gasteiger partial charge on any atom is 0.255 e. The average molecular weight is 283 g/mol. The Balaban J connectivity index is 2.88. The molecule has 0 saturated carbocycles. The van der Waals surface area contributed by atoms with Crippen molar-refractivity contribution < 1.29 is 24.1 Å². The van der Waals surface area contributed by atoms with Gasteiger partial charge >= 0.3 is 0 Å². The zero-order valence-corrected chi connectivity index (χ0v) is 12.0. The molecule has 20 heavy (non-hydrogen) atoms. The predicted octanol–water partition coefficient (Wildman–Crippen LogP) is 0.831. The van der Waals surface area contributed by atoms with Gasteiger partial charge in [-0.3, -0.25) is 4.79 Å². The van der Waals surface area contributed by atoms with E-state index in [0.29, 0.717) is 30.1 Å². The third-order valence-electron chi connectivity index (χ3n) is 2.83. The third kappa shape index (κ3) is 4.40. The highest BCUT2D eigenvalue weighted by Crippen LogP contribution is 2.23.